The minimum atomic E-state index is -3.81. The number of sulfonamides is 1. The first-order valence-corrected chi connectivity index (χ1v) is 11.6. The van der Waals surface area contributed by atoms with E-state index in [0.29, 0.717) is 18.8 Å². The molecule has 1 heterocycles. The van der Waals surface area contributed by atoms with E-state index in [1.165, 1.54) is 40.7 Å². The smallest absolute Gasteiger partial charge is 0.282 e. The van der Waals surface area contributed by atoms with Gasteiger partial charge in [0.25, 0.3) is 11.6 Å². The highest BCUT2D eigenvalue weighted by atomic mass is 35.5. The van der Waals surface area contributed by atoms with Crippen LogP contribution in [0.2, 0.25) is 10.0 Å². The van der Waals surface area contributed by atoms with Crippen molar-refractivity contribution in [3.8, 4) is 0 Å². The van der Waals surface area contributed by atoms with E-state index in [0.717, 1.165) is 4.90 Å². The highest BCUT2D eigenvalue weighted by Crippen LogP contribution is 2.27. The van der Waals surface area contributed by atoms with Crippen LogP contribution in [-0.2, 0) is 14.8 Å². The Morgan fingerprint density at radius 3 is 2.52 bits per heavy atom. The van der Waals surface area contributed by atoms with Gasteiger partial charge in [0.05, 0.1) is 36.1 Å². The summed E-state index contributed by atoms with van der Waals surface area (Å²) in [6.07, 6.45) is 0. The fourth-order valence-corrected chi connectivity index (χ4v) is 5.57. The van der Waals surface area contributed by atoms with Crippen LogP contribution in [0.5, 0.6) is 0 Å². The first kappa shape index (κ1) is 23.4. The lowest BCUT2D eigenvalue weighted by Gasteiger charge is -2.34. The van der Waals surface area contributed by atoms with Gasteiger partial charge in [-0.3, -0.25) is 14.9 Å². The SMILES string of the molecule is C[C@H](C(=O)Nc1cccc([N+](=O)[O-])c1)[NH+]1CCN(S(=O)(=O)c2cc(Cl)ccc2Cl)CC1. The van der Waals surface area contributed by atoms with E-state index in [2.05, 4.69) is 5.32 Å². The fourth-order valence-electron chi connectivity index (χ4n) is 3.39. The molecule has 0 aromatic heterocycles. The summed E-state index contributed by atoms with van der Waals surface area (Å²) in [7, 11) is -3.81. The van der Waals surface area contributed by atoms with Gasteiger partial charge in [-0.05, 0) is 31.2 Å². The number of hydrogen-bond donors (Lipinski definition) is 2. The third kappa shape index (κ3) is 5.34. The summed E-state index contributed by atoms with van der Waals surface area (Å²) in [5, 5.41) is 14.0. The van der Waals surface area contributed by atoms with Crippen molar-refractivity contribution in [3.05, 3.63) is 62.6 Å². The molecular weight excluding hydrogens is 467 g/mol. The average molecular weight is 488 g/mol. The van der Waals surface area contributed by atoms with Gasteiger partial charge in [-0.2, -0.15) is 4.31 Å². The molecule has 1 saturated heterocycles. The number of piperazine rings is 1. The number of nitro benzene ring substituents is 1. The minimum absolute atomic E-state index is 0.0402. The molecule has 0 radical (unpaired) electrons. The van der Waals surface area contributed by atoms with Gasteiger partial charge in [-0.1, -0.05) is 29.3 Å². The number of benzene rings is 2. The van der Waals surface area contributed by atoms with Crippen LogP contribution in [0.25, 0.3) is 0 Å². The quantitative estimate of drug-likeness (QED) is 0.476. The molecule has 1 aliphatic heterocycles. The fraction of sp³-hybridized carbons (Fsp3) is 0.316. The maximum absolute atomic E-state index is 12.9. The van der Waals surface area contributed by atoms with E-state index in [1.54, 1.807) is 13.0 Å². The summed E-state index contributed by atoms with van der Waals surface area (Å²) in [6, 6.07) is 9.52. The molecule has 3 rings (SSSR count). The molecule has 31 heavy (non-hydrogen) atoms. The number of quaternary nitrogens is 1. The van der Waals surface area contributed by atoms with E-state index in [9.17, 15) is 23.3 Å². The van der Waals surface area contributed by atoms with E-state index in [-0.39, 0.29) is 39.6 Å². The largest absolute Gasteiger partial charge is 0.323 e. The van der Waals surface area contributed by atoms with Gasteiger partial charge in [0.1, 0.15) is 4.90 Å². The highest BCUT2D eigenvalue weighted by Gasteiger charge is 2.35. The predicted octanol–water partition coefficient (Wildman–Crippen LogP) is 1.82. The Bertz CT molecular complexity index is 1100. The Balaban J connectivity index is 1.63. The number of nitrogens with one attached hydrogen (secondary N) is 2. The average Bonchev–Trinajstić information content (AvgIpc) is 2.75. The summed E-state index contributed by atoms with van der Waals surface area (Å²) in [5.74, 6) is -0.301. The molecule has 0 bridgehead atoms. The van der Waals surface area contributed by atoms with E-state index >= 15 is 0 Å². The van der Waals surface area contributed by atoms with Gasteiger partial charge in [0, 0.05) is 22.8 Å². The number of nitro groups is 1. The van der Waals surface area contributed by atoms with Crippen LogP contribution in [0.15, 0.2) is 47.4 Å². The first-order valence-electron chi connectivity index (χ1n) is 9.44. The third-order valence-corrected chi connectivity index (χ3v) is 7.82. The van der Waals surface area contributed by atoms with Crippen LogP contribution in [0, 0.1) is 10.1 Å². The molecule has 1 fully saturated rings. The van der Waals surface area contributed by atoms with Crippen molar-refractivity contribution in [2.45, 2.75) is 17.9 Å². The van der Waals surface area contributed by atoms with Gasteiger partial charge in [-0.15, -0.1) is 0 Å². The molecule has 1 atom stereocenters. The van der Waals surface area contributed by atoms with Crippen molar-refractivity contribution < 1.29 is 23.0 Å². The van der Waals surface area contributed by atoms with Crippen molar-refractivity contribution in [2.24, 2.45) is 0 Å². The second-order valence-electron chi connectivity index (χ2n) is 7.16. The Hall–Kier alpha value is -2.24. The van der Waals surface area contributed by atoms with E-state index < -0.39 is 21.0 Å². The van der Waals surface area contributed by atoms with Crippen molar-refractivity contribution >= 4 is 50.5 Å². The highest BCUT2D eigenvalue weighted by molar-refractivity contribution is 7.89. The van der Waals surface area contributed by atoms with Crippen LogP contribution < -0.4 is 10.2 Å². The first-order chi connectivity index (χ1) is 14.6. The monoisotopic (exact) mass is 487 g/mol. The van der Waals surface area contributed by atoms with Gasteiger partial charge in [0.15, 0.2) is 6.04 Å². The molecule has 1 aliphatic rings. The normalized spacial score (nSPS) is 16.6. The zero-order chi connectivity index (χ0) is 22.8. The van der Waals surface area contributed by atoms with Gasteiger partial charge in [0.2, 0.25) is 10.0 Å². The van der Waals surface area contributed by atoms with Gasteiger partial charge in [-0.25, -0.2) is 8.42 Å². The molecule has 1 amide bonds. The standard InChI is InChI=1S/C19H20Cl2N4O5S/c1-13(19(26)22-15-3-2-4-16(12-15)25(27)28)23-7-9-24(10-8-23)31(29,30)18-11-14(20)5-6-17(18)21/h2-6,11-13H,7-10H2,1H3,(H,22,26)/p+1/t13-/m1/s1. The van der Waals surface area contributed by atoms with Gasteiger partial charge >= 0.3 is 0 Å². The molecule has 9 nitrogen and oxygen atoms in total. The number of nitrogens with zero attached hydrogens (tertiary/aromatic N) is 2. The van der Waals surface area contributed by atoms with Crippen LogP contribution in [0.1, 0.15) is 6.92 Å². The number of amides is 1. The number of halogens is 2. The van der Waals surface area contributed by atoms with Crippen LogP contribution >= 0.6 is 23.2 Å². The van der Waals surface area contributed by atoms with Crippen molar-refractivity contribution in [3.63, 3.8) is 0 Å². The number of anilines is 1. The zero-order valence-electron chi connectivity index (χ0n) is 16.5. The lowest BCUT2D eigenvalue weighted by molar-refractivity contribution is -0.917. The van der Waals surface area contributed by atoms with Crippen molar-refractivity contribution in [1.29, 1.82) is 0 Å². The molecule has 2 aromatic carbocycles. The molecule has 2 aromatic rings. The number of hydrogen-bond acceptors (Lipinski definition) is 5. The Kier molecular flexibility index (Phi) is 7.17. The predicted molar refractivity (Wildman–Crippen MR) is 117 cm³/mol. The Labute approximate surface area is 189 Å². The van der Waals surface area contributed by atoms with Gasteiger partial charge < -0.3 is 10.2 Å². The number of carbonyl (C=O) groups excluding carboxylic acids is 1. The second-order valence-corrected chi connectivity index (χ2v) is 9.91. The summed E-state index contributed by atoms with van der Waals surface area (Å²) in [6.45, 7) is 3.01. The summed E-state index contributed by atoms with van der Waals surface area (Å²) in [4.78, 5) is 23.8. The zero-order valence-corrected chi connectivity index (χ0v) is 18.9. The number of non-ortho nitro benzene ring substituents is 1. The minimum Gasteiger partial charge on any atom is -0.323 e. The van der Waals surface area contributed by atoms with E-state index in [4.69, 9.17) is 23.2 Å². The van der Waals surface area contributed by atoms with Crippen LogP contribution in [-0.4, -0.2) is 55.8 Å². The number of rotatable bonds is 6. The van der Waals surface area contributed by atoms with E-state index in [1.807, 2.05) is 0 Å². The van der Waals surface area contributed by atoms with Crippen molar-refractivity contribution in [1.82, 2.24) is 4.31 Å². The molecule has 0 saturated carbocycles. The molecule has 2 N–H and O–H groups in total. The topological polar surface area (TPSA) is 114 Å². The third-order valence-electron chi connectivity index (χ3n) is 5.21. The molecule has 0 spiro atoms. The molecule has 0 aliphatic carbocycles. The lowest BCUT2D eigenvalue weighted by atomic mass is 10.2. The summed E-state index contributed by atoms with van der Waals surface area (Å²) >= 11 is 12.0. The number of carbonyl (C=O) groups is 1. The van der Waals surface area contributed by atoms with Crippen molar-refractivity contribution in [2.75, 3.05) is 31.5 Å². The molecular formula is C19H21Cl2N4O5S+. The Morgan fingerprint density at radius 2 is 1.87 bits per heavy atom. The maximum atomic E-state index is 12.9. The van der Waals surface area contributed by atoms with Crippen LogP contribution in [0.3, 0.4) is 0 Å². The van der Waals surface area contributed by atoms with Crippen LogP contribution in [0.4, 0.5) is 11.4 Å². The summed E-state index contributed by atoms with van der Waals surface area (Å²) in [5.41, 5.74) is 0.221. The Morgan fingerprint density at radius 1 is 1.19 bits per heavy atom. The molecule has 166 valence electrons. The maximum Gasteiger partial charge on any atom is 0.282 e. The molecule has 0 unspecified atom stereocenters. The molecule has 12 heteroatoms. The second kappa shape index (κ2) is 9.49. The summed E-state index contributed by atoms with van der Waals surface area (Å²) < 4.78 is 27.2. The lowest BCUT2D eigenvalue weighted by Crippen LogP contribution is -3.19.